The SMILES string of the molecule is Cc1ccc(N/C=C(\C#N)c2nc(C)cs2)c(Cl)c1. The predicted octanol–water partition coefficient (Wildman–Crippen LogP) is 4.39. The first kappa shape index (κ1) is 13.6. The van der Waals surface area contributed by atoms with Crippen LogP contribution in [0.3, 0.4) is 0 Å². The van der Waals surface area contributed by atoms with Gasteiger partial charge in [-0.05, 0) is 31.5 Å². The van der Waals surface area contributed by atoms with Gasteiger partial charge in [0.05, 0.1) is 10.7 Å². The molecule has 19 heavy (non-hydrogen) atoms. The number of nitrogens with zero attached hydrogens (tertiary/aromatic N) is 2. The van der Waals surface area contributed by atoms with Crippen molar-refractivity contribution in [1.82, 2.24) is 4.98 Å². The third kappa shape index (κ3) is 3.34. The van der Waals surface area contributed by atoms with Gasteiger partial charge in [0.15, 0.2) is 0 Å². The van der Waals surface area contributed by atoms with E-state index in [1.807, 2.05) is 37.4 Å². The van der Waals surface area contributed by atoms with E-state index < -0.39 is 0 Å². The van der Waals surface area contributed by atoms with Crippen molar-refractivity contribution in [2.75, 3.05) is 5.32 Å². The molecule has 0 aliphatic heterocycles. The summed E-state index contributed by atoms with van der Waals surface area (Å²) >= 11 is 7.57. The van der Waals surface area contributed by atoms with Crippen LogP contribution in [0, 0.1) is 25.2 Å². The molecule has 2 rings (SSSR count). The standard InChI is InChI=1S/C14H12ClN3S/c1-9-3-4-13(12(15)5-9)17-7-11(6-16)14-18-10(2)8-19-14/h3-5,7-8,17H,1-2H3/b11-7+. The number of aromatic nitrogens is 1. The largest absolute Gasteiger partial charge is 0.359 e. The number of aryl methyl sites for hydroxylation is 2. The average molecular weight is 290 g/mol. The molecule has 3 nitrogen and oxygen atoms in total. The van der Waals surface area contributed by atoms with E-state index in [4.69, 9.17) is 16.9 Å². The fourth-order valence-corrected chi connectivity index (χ4v) is 2.56. The molecule has 1 aromatic heterocycles. The summed E-state index contributed by atoms with van der Waals surface area (Å²) in [6.45, 7) is 3.88. The van der Waals surface area contributed by atoms with Crippen LogP contribution in [0.1, 0.15) is 16.3 Å². The average Bonchev–Trinajstić information content (AvgIpc) is 2.79. The normalized spacial score (nSPS) is 11.2. The summed E-state index contributed by atoms with van der Waals surface area (Å²) in [4.78, 5) is 4.29. The molecule has 0 radical (unpaired) electrons. The van der Waals surface area contributed by atoms with Gasteiger partial charge < -0.3 is 5.32 Å². The minimum Gasteiger partial charge on any atom is -0.359 e. The number of nitriles is 1. The first-order valence-electron chi connectivity index (χ1n) is 5.65. The van der Waals surface area contributed by atoms with Gasteiger partial charge in [-0.3, -0.25) is 0 Å². The quantitative estimate of drug-likeness (QED) is 0.853. The molecule has 1 N–H and O–H groups in total. The van der Waals surface area contributed by atoms with Gasteiger partial charge in [-0.15, -0.1) is 11.3 Å². The van der Waals surface area contributed by atoms with Crippen molar-refractivity contribution >= 4 is 34.2 Å². The van der Waals surface area contributed by atoms with Crippen molar-refractivity contribution in [3.8, 4) is 6.07 Å². The van der Waals surface area contributed by atoms with Crippen molar-refractivity contribution in [2.45, 2.75) is 13.8 Å². The van der Waals surface area contributed by atoms with Crippen LogP contribution in [-0.2, 0) is 0 Å². The summed E-state index contributed by atoms with van der Waals surface area (Å²) in [6.07, 6.45) is 1.63. The zero-order valence-corrected chi connectivity index (χ0v) is 12.1. The summed E-state index contributed by atoms with van der Waals surface area (Å²) in [5.74, 6) is 0. The van der Waals surface area contributed by atoms with Crippen LogP contribution in [0.25, 0.3) is 5.57 Å². The number of allylic oxidation sites excluding steroid dienone is 1. The number of nitrogens with one attached hydrogen (secondary N) is 1. The Bertz CT molecular complexity index is 668. The van der Waals surface area contributed by atoms with Crippen molar-refractivity contribution in [3.63, 3.8) is 0 Å². The minimum atomic E-state index is 0.495. The van der Waals surface area contributed by atoms with Crippen molar-refractivity contribution in [3.05, 3.63) is 51.1 Å². The topological polar surface area (TPSA) is 48.7 Å². The maximum Gasteiger partial charge on any atom is 0.135 e. The Morgan fingerprint density at radius 1 is 1.47 bits per heavy atom. The molecule has 0 spiro atoms. The molecule has 5 heteroatoms. The highest BCUT2D eigenvalue weighted by Gasteiger charge is 2.06. The number of halogens is 1. The molecular weight excluding hydrogens is 278 g/mol. The summed E-state index contributed by atoms with van der Waals surface area (Å²) < 4.78 is 0. The lowest BCUT2D eigenvalue weighted by atomic mass is 10.2. The van der Waals surface area contributed by atoms with Crippen LogP contribution in [0.4, 0.5) is 5.69 Å². The van der Waals surface area contributed by atoms with E-state index in [9.17, 15) is 0 Å². The van der Waals surface area contributed by atoms with E-state index in [2.05, 4.69) is 16.4 Å². The predicted molar refractivity (Wildman–Crippen MR) is 80.3 cm³/mol. The number of hydrogen-bond acceptors (Lipinski definition) is 4. The zero-order valence-electron chi connectivity index (χ0n) is 10.6. The molecule has 1 heterocycles. The monoisotopic (exact) mass is 289 g/mol. The Kier molecular flexibility index (Phi) is 4.20. The highest BCUT2D eigenvalue weighted by Crippen LogP contribution is 2.24. The van der Waals surface area contributed by atoms with Crippen LogP contribution < -0.4 is 5.32 Å². The number of hydrogen-bond donors (Lipinski definition) is 1. The van der Waals surface area contributed by atoms with Crippen molar-refractivity contribution < 1.29 is 0 Å². The van der Waals surface area contributed by atoms with Gasteiger partial charge in [-0.2, -0.15) is 5.26 Å². The molecule has 0 unspecified atom stereocenters. The zero-order chi connectivity index (χ0) is 13.8. The van der Waals surface area contributed by atoms with E-state index in [1.165, 1.54) is 11.3 Å². The third-order valence-corrected chi connectivity index (χ3v) is 3.77. The van der Waals surface area contributed by atoms with E-state index in [0.717, 1.165) is 16.9 Å². The maximum absolute atomic E-state index is 9.16. The Labute approximate surface area is 121 Å². The second kappa shape index (κ2) is 5.87. The Balaban J connectivity index is 2.23. The molecule has 2 aromatic rings. The second-order valence-corrected chi connectivity index (χ2v) is 5.36. The molecule has 0 saturated carbocycles. The highest BCUT2D eigenvalue weighted by atomic mass is 35.5. The van der Waals surface area contributed by atoms with Gasteiger partial charge in [-0.1, -0.05) is 17.7 Å². The molecule has 0 saturated heterocycles. The fraction of sp³-hybridized carbons (Fsp3) is 0.143. The summed E-state index contributed by atoms with van der Waals surface area (Å²) in [5, 5.41) is 15.5. The Hall–Kier alpha value is -1.83. The van der Waals surface area contributed by atoms with E-state index in [1.54, 1.807) is 6.20 Å². The first-order chi connectivity index (χ1) is 9.10. The maximum atomic E-state index is 9.16. The van der Waals surface area contributed by atoms with Crippen LogP contribution in [0.5, 0.6) is 0 Å². The van der Waals surface area contributed by atoms with E-state index in [0.29, 0.717) is 15.6 Å². The molecule has 96 valence electrons. The number of anilines is 1. The van der Waals surface area contributed by atoms with Gasteiger partial charge in [0.1, 0.15) is 16.6 Å². The molecule has 0 aliphatic rings. The number of thiazole rings is 1. The summed E-state index contributed by atoms with van der Waals surface area (Å²) in [6, 6.07) is 7.85. The number of benzene rings is 1. The summed E-state index contributed by atoms with van der Waals surface area (Å²) in [5.41, 5.74) is 3.27. The minimum absolute atomic E-state index is 0.495. The number of rotatable bonds is 3. The first-order valence-corrected chi connectivity index (χ1v) is 6.91. The third-order valence-electron chi connectivity index (χ3n) is 2.47. The van der Waals surface area contributed by atoms with Crippen LogP contribution in [0.2, 0.25) is 5.02 Å². The van der Waals surface area contributed by atoms with Gasteiger partial charge in [0.2, 0.25) is 0 Å². The van der Waals surface area contributed by atoms with Crippen molar-refractivity contribution in [2.24, 2.45) is 0 Å². The lowest BCUT2D eigenvalue weighted by molar-refractivity contribution is 1.24. The lowest BCUT2D eigenvalue weighted by Crippen LogP contribution is -1.92. The molecular formula is C14H12ClN3S. The molecule has 0 bridgehead atoms. The fourth-order valence-electron chi connectivity index (χ4n) is 1.51. The van der Waals surface area contributed by atoms with Crippen LogP contribution >= 0.6 is 22.9 Å². The molecule has 0 atom stereocenters. The lowest BCUT2D eigenvalue weighted by Gasteiger charge is -2.05. The molecule has 0 amide bonds. The van der Waals surface area contributed by atoms with Crippen LogP contribution in [0.15, 0.2) is 29.8 Å². The van der Waals surface area contributed by atoms with Crippen LogP contribution in [-0.4, -0.2) is 4.98 Å². The summed E-state index contributed by atoms with van der Waals surface area (Å²) in [7, 11) is 0. The Morgan fingerprint density at radius 3 is 2.84 bits per heavy atom. The van der Waals surface area contributed by atoms with E-state index >= 15 is 0 Å². The molecule has 0 aliphatic carbocycles. The van der Waals surface area contributed by atoms with Gasteiger partial charge in [-0.25, -0.2) is 4.98 Å². The van der Waals surface area contributed by atoms with Gasteiger partial charge >= 0.3 is 0 Å². The van der Waals surface area contributed by atoms with Crippen molar-refractivity contribution in [1.29, 1.82) is 5.26 Å². The second-order valence-electron chi connectivity index (χ2n) is 4.09. The Morgan fingerprint density at radius 2 is 2.26 bits per heavy atom. The van der Waals surface area contributed by atoms with Gasteiger partial charge in [0.25, 0.3) is 0 Å². The molecule has 1 aromatic carbocycles. The van der Waals surface area contributed by atoms with E-state index in [-0.39, 0.29) is 0 Å². The smallest absolute Gasteiger partial charge is 0.135 e. The molecule has 0 fully saturated rings. The highest BCUT2D eigenvalue weighted by molar-refractivity contribution is 7.10. The van der Waals surface area contributed by atoms with Gasteiger partial charge in [0, 0.05) is 17.3 Å².